The van der Waals surface area contributed by atoms with Gasteiger partial charge in [-0.05, 0) is 34.1 Å². The normalized spacial score (nSPS) is 10.7. The molecule has 100 valence electrons. The number of nitrogens with zero attached hydrogens (tertiary/aromatic N) is 3. The summed E-state index contributed by atoms with van der Waals surface area (Å²) in [5, 5.41) is 6.90. The Hall–Kier alpha value is -2.41. The first-order valence-corrected chi connectivity index (χ1v) is 6.58. The number of nitrogen functional groups attached to an aromatic ring is 1. The number of nitrogens with one attached hydrogen (secondary N) is 1. The van der Waals surface area contributed by atoms with Gasteiger partial charge in [-0.2, -0.15) is 5.10 Å². The minimum absolute atomic E-state index is 0.265. The number of nitrogens with two attached hydrogens (primary N) is 1. The number of fused-ring (bicyclic) bond motifs is 1. The maximum atomic E-state index is 12.3. The van der Waals surface area contributed by atoms with Crippen LogP contribution in [0, 0.1) is 0 Å². The molecule has 3 rings (SSSR count). The van der Waals surface area contributed by atoms with Gasteiger partial charge in [0.15, 0.2) is 0 Å². The van der Waals surface area contributed by atoms with Crippen molar-refractivity contribution in [3.8, 4) is 0 Å². The first-order chi connectivity index (χ1) is 9.65. The Balaban J connectivity index is 1.95. The summed E-state index contributed by atoms with van der Waals surface area (Å²) in [6, 6.07) is 5.22. The molecule has 0 fully saturated rings. The van der Waals surface area contributed by atoms with Crippen molar-refractivity contribution in [3.05, 3.63) is 53.0 Å². The summed E-state index contributed by atoms with van der Waals surface area (Å²) in [6.45, 7) is 0. The number of carbonyl (C=O) groups is 1. The van der Waals surface area contributed by atoms with E-state index in [1.165, 1.54) is 6.20 Å². The fourth-order valence-corrected chi connectivity index (χ4v) is 2.18. The van der Waals surface area contributed by atoms with Gasteiger partial charge in [-0.3, -0.25) is 9.78 Å². The summed E-state index contributed by atoms with van der Waals surface area (Å²) in [5.74, 6) is -0.265. The predicted octanol–water partition coefficient (Wildman–Crippen LogP) is 2.33. The third kappa shape index (κ3) is 2.23. The predicted molar refractivity (Wildman–Crippen MR) is 79.5 cm³/mol. The minimum atomic E-state index is -0.265. The van der Waals surface area contributed by atoms with E-state index in [9.17, 15) is 4.79 Å². The van der Waals surface area contributed by atoms with Crippen molar-refractivity contribution in [1.82, 2.24) is 14.6 Å². The molecule has 0 aliphatic rings. The van der Waals surface area contributed by atoms with Crippen LogP contribution < -0.4 is 11.1 Å². The van der Waals surface area contributed by atoms with Gasteiger partial charge in [-0.15, -0.1) is 0 Å². The van der Waals surface area contributed by atoms with Gasteiger partial charge in [-0.1, -0.05) is 0 Å². The molecule has 1 amide bonds. The Morgan fingerprint density at radius 3 is 3.05 bits per heavy atom. The van der Waals surface area contributed by atoms with Crippen molar-refractivity contribution in [2.45, 2.75) is 0 Å². The monoisotopic (exact) mass is 331 g/mol. The highest BCUT2D eigenvalue weighted by molar-refractivity contribution is 9.10. The van der Waals surface area contributed by atoms with E-state index in [2.05, 4.69) is 31.3 Å². The average Bonchev–Trinajstić information content (AvgIpc) is 2.87. The van der Waals surface area contributed by atoms with E-state index < -0.39 is 0 Å². The maximum Gasteiger partial charge on any atom is 0.259 e. The second-order valence-electron chi connectivity index (χ2n) is 4.16. The highest BCUT2D eigenvalue weighted by atomic mass is 79.9. The number of anilines is 2. The van der Waals surface area contributed by atoms with Crippen LogP contribution in [0.4, 0.5) is 11.4 Å². The van der Waals surface area contributed by atoms with Gasteiger partial charge in [0.25, 0.3) is 5.91 Å². The number of carbonyl (C=O) groups excluding carboxylic acids is 1. The van der Waals surface area contributed by atoms with E-state index in [-0.39, 0.29) is 5.91 Å². The molecule has 3 aromatic rings. The van der Waals surface area contributed by atoms with Crippen LogP contribution in [-0.2, 0) is 0 Å². The zero-order chi connectivity index (χ0) is 14.1. The maximum absolute atomic E-state index is 12.3. The molecule has 0 aliphatic heterocycles. The van der Waals surface area contributed by atoms with Crippen LogP contribution in [0.3, 0.4) is 0 Å². The summed E-state index contributed by atoms with van der Waals surface area (Å²) in [7, 11) is 0. The average molecular weight is 332 g/mol. The van der Waals surface area contributed by atoms with E-state index in [1.807, 2.05) is 0 Å². The lowest BCUT2D eigenvalue weighted by Gasteiger charge is -2.07. The standard InChI is InChI=1S/C13H10BrN5O/c14-10-2-1-8(15)5-11(10)18-13(20)9-6-17-19-4-3-16-7-12(9)19/h1-7H,15H2,(H,18,20). The number of hydrogen-bond acceptors (Lipinski definition) is 4. The van der Waals surface area contributed by atoms with Gasteiger partial charge >= 0.3 is 0 Å². The molecule has 0 atom stereocenters. The van der Waals surface area contributed by atoms with E-state index in [1.54, 1.807) is 41.3 Å². The van der Waals surface area contributed by atoms with Crippen molar-refractivity contribution >= 4 is 38.7 Å². The van der Waals surface area contributed by atoms with Gasteiger partial charge in [0, 0.05) is 22.6 Å². The van der Waals surface area contributed by atoms with Crippen molar-refractivity contribution in [1.29, 1.82) is 0 Å². The SMILES string of the molecule is Nc1ccc(Br)c(NC(=O)c2cnn3ccncc23)c1. The molecule has 0 aliphatic carbocycles. The number of hydrogen-bond donors (Lipinski definition) is 2. The molecule has 0 saturated heterocycles. The Bertz CT molecular complexity index is 798. The van der Waals surface area contributed by atoms with Crippen molar-refractivity contribution < 1.29 is 4.79 Å². The Labute approximate surface area is 122 Å². The molecule has 0 bridgehead atoms. The molecule has 2 heterocycles. The summed E-state index contributed by atoms with van der Waals surface area (Å²) < 4.78 is 2.35. The fourth-order valence-electron chi connectivity index (χ4n) is 1.84. The van der Waals surface area contributed by atoms with Crippen LogP contribution in [0.5, 0.6) is 0 Å². The molecule has 2 aromatic heterocycles. The number of amides is 1. The molecular formula is C13H10BrN5O. The summed E-state index contributed by atoms with van der Waals surface area (Å²) in [6.07, 6.45) is 6.39. The largest absolute Gasteiger partial charge is 0.399 e. The first-order valence-electron chi connectivity index (χ1n) is 5.79. The zero-order valence-corrected chi connectivity index (χ0v) is 11.8. The smallest absolute Gasteiger partial charge is 0.259 e. The van der Waals surface area contributed by atoms with Crippen LogP contribution in [0.1, 0.15) is 10.4 Å². The second-order valence-corrected chi connectivity index (χ2v) is 5.01. The minimum Gasteiger partial charge on any atom is -0.399 e. The molecule has 7 heteroatoms. The van der Waals surface area contributed by atoms with Crippen LogP contribution >= 0.6 is 15.9 Å². The van der Waals surface area contributed by atoms with Gasteiger partial charge in [0.05, 0.1) is 29.2 Å². The number of rotatable bonds is 2. The van der Waals surface area contributed by atoms with Crippen LogP contribution in [0.15, 0.2) is 47.5 Å². The fraction of sp³-hybridized carbons (Fsp3) is 0. The topological polar surface area (TPSA) is 85.3 Å². The molecule has 0 radical (unpaired) electrons. The summed E-state index contributed by atoms with van der Waals surface area (Å²) in [5.41, 5.74) is 7.99. The van der Waals surface area contributed by atoms with Crippen LogP contribution in [0.2, 0.25) is 0 Å². The van der Waals surface area contributed by atoms with E-state index >= 15 is 0 Å². The van der Waals surface area contributed by atoms with Crippen LogP contribution in [0.25, 0.3) is 5.52 Å². The number of aromatic nitrogens is 3. The third-order valence-corrected chi connectivity index (χ3v) is 3.50. The molecular weight excluding hydrogens is 322 g/mol. The van der Waals surface area contributed by atoms with E-state index in [0.717, 1.165) is 4.47 Å². The third-order valence-electron chi connectivity index (χ3n) is 2.81. The zero-order valence-electron chi connectivity index (χ0n) is 10.2. The van der Waals surface area contributed by atoms with Crippen molar-refractivity contribution in [2.24, 2.45) is 0 Å². The van der Waals surface area contributed by atoms with Gasteiger partial charge in [-0.25, -0.2) is 4.52 Å². The molecule has 20 heavy (non-hydrogen) atoms. The first kappa shape index (κ1) is 12.6. The van der Waals surface area contributed by atoms with Gasteiger partial charge in [0.1, 0.15) is 0 Å². The summed E-state index contributed by atoms with van der Waals surface area (Å²) >= 11 is 3.37. The van der Waals surface area contributed by atoms with Crippen molar-refractivity contribution in [2.75, 3.05) is 11.1 Å². The van der Waals surface area contributed by atoms with Gasteiger partial charge < -0.3 is 11.1 Å². The molecule has 0 spiro atoms. The lowest BCUT2D eigenvalue weighted by atomic mass is 10.2. The molecule has 3 N–H and O–H groups in total. The molecule has 0 saturated carbocycles. The lowest BCUT2D eigenvalue weighted by molar-refractivity contribution is 0.102. The summed E-state index contributed by atoms with van der Waals surface area (Å²) in [4.78, 5) is 16.3. The number of benzene rings is 1. The Kier molecular flexibility index (Phi) is 3.11. The van der Waals surface area contributed by atoms with Crippen molar-refractivity contribution in [3.63, 3.8) is 0 Å². The number of halogens is 1. The Morgan fingerprint density at radius 2 is 2.20 bits per heavy atom. The highest BCUT2D eigenvalue weighted by Crippen LogP contribution is 2.25. The quantitative estimate of drug-likeness (QED) is 0.705. The van der Waals surface area contributed by atoms with Crippen LogP contribution in [-0.4, -0.2) is 20.5 Å². The molecule has 1 aromatic carbocycles. The van der Waals surface area contributed by atoms with E-state index in [4.69, 9.17) is 5.73 Å². The second kappa shape index (κ2) is 4.93. The Morgan fingerprint density at radius 1 is 1.35 bits per heavy atom. The van der Waals surface area contributed by atoms with Gasteiger partial charge in [0.2, 0.25) is 0 Å². The van der Waals surface area contributed by atoms with E-state index in [0.29, 0.717) is 22.5 Å². The highest BCUT2D eigenvalue weighted by Gasteiger charge is 2.14. The molecule has 0 unspecified atom stereocenters. The molecule has 6 nitrogen and oxygen atoms in total. The lowest BCUT2D eigenvalue weighted by Crippen LogP contribution is -2.12.